The van der Waals surface area contributed by atoms with Gasteiger partial charge in [0, 0.05) is 33.5 Å². The predicted molar refractivity (Wildman–Crippen MR) is 212 cm³/mol. The molecule has 1 aromatic heterocycles. The molecule has 0 N–H and O–H groups in total. The summed E-state index contributed by atoms with van der Waals surface area (Å²) in [6.07, 6.45) is 0. The van der Waals surface area contributed by atoms with E-state index in [9.17, 15) is 0 Å². The maximum Gasteiger partial charge on any atom is 0.0541 e. The second-order valence-corrected chi connectivity index (χ2v) is 12.6. The van der Waals surface area contributed by atoms with Crippen LogP contribution in [-0.2, 0) is 0 Å². The van der Waals surface area contributed by atoms with Gasteiger partial charge in [-0.25, -0.2) is 0 Å². The third-order valence-corrected chi connectivity index (χ3v) is 9.57. The molecule has 0 unspecified atom stereocenters. The zero-order valence-corrected chi connectivity index (χ0v) is 27.5. The van der Waals surface area contributed by atoms with Crippen LogP contribution in [0.4, 0.5) is 17.1 Å². The van der Waals surface area contributed by atoms with E-state index >= 15 is 0 Å². The normalized spacial score (nSPS) is 11.2. The number of aromatic nitrogens is 1. The summed E-state index contributed by atoms with van der Waals surface area (Å²) in [5.41, 5.74) is 14.1. The number of hydrogen-bond acceptors (Lipinski definition) is 1. The van der Waals surface area contributed by atoms with E-state index in [0.717, 1.165) is 22.7 Å². The molecule has 0 saturated heterocycles. The molecule has 2 nitrogen and oxygen atoms in total. The average molecular weight is 639 g/mol. The van der Waals surface area contributed by atoms with E-state index in [0.29, 0.717) is 0 Å². The zero-order valence-electron chi connectivity index (χ0n) is 27.5. The summed E-state index contributed by atoms with van der Waals surface area (Å²) < 4.78 is 2.36. The number of rotatable bonds is 7. The van der Waals surface area contributed by atoms with Gasteiger partial charge in [0.15, 0.2) is 0 Å². The second-order valence-electron chi connectivity index (χ2n) is 12.6. The van der Waals surface area contributed by atoms with Gasteiger partial charge in [0.2, 0.25) is 0 Å². The van der Waals surface area contributed by atoms with Crippen LogP contribution in [0.15, 0.2) is 206 Å². The first-order chi connectivity index (χ1) is 24.8. The minimum absolute atomic E-state index is 1.10. The number of hydrogen-bond donors (Lipinski definition) is 0. The number of fused-ring (bicyclic) bond motifs is 3. The molecule has 0 aliphatic carbocycles. The highest BCUT2D eigenvalue weighted by molar-refractivity contribution is 6.09. The van der Waals surface area contributed by atoms with Crippen molar-refractivity contribution in [2.75, 3.05) is 4.90 Å². The molecule has 0 aliphatic rings. The first kappa shape index (κ1) is 29.5. The third-order valence-electron chi connectivity index (χ3n) is 9.57. The number of para-hydroxylation sites is 3. The Morgan fingerprint density at radius 1 is 0.280 bits per heavy atom. The zero-order chi connectivity index (χ0) is 33.3. The molecule has 236 valence electrons. The van der Waals surface area contributed by atoms with Crippen molar-refractivity contribution in [1.29, 1.82) is 0 Å². The van der Waals surface area contributed by atoms with Crippen LogP contribution in [0.2, 0.25) is 0 Å². The highest BCUT2D eigenvalue weighted by atomic mass is 15.1. The Hall–Kier alpha value is -6.64. The summed E-state index contributed by atoms with van der Waals surface area (Å²) in [5, 5.41) is 2.53. The topological polar surface area (TPSA) is 8.17 Å². The molecule has 50 heavy (non-hydrogen) atoms. The quantitative estimate of drug-likeness (QED) is 0.169. The lowest BCUT2D eigenvalue weighted by Gasteiger charge is -2.26. The second kappa shape index (κ2) is 12.8. The van der Waals surface area contributed by atoms with Gasteiger partial charge in [-0.3, -0.25) is 0 Å². The van der Waals surface area contributed by atoms with E-state index < -0.39 is 0 Å². The fourth-order valence-electron chi connectivity index (χ4n) is 7.17. The summed E-state index contributed by atoms with van der Waals surface area (Å²) in [4.78, 5) is 2.33. The highest BCUT2D eigenvalue weighted by Crippen LogP contribution is 2.39. The first-order valence-corrected chi connectivity index (χ1v) is 17.1. The molecule has 0 fully saturated rings. The van der Waals surface area contributed by atoms with Gasteiger partial charge in [-0.05, 0) is 112 Å². The molecule has 1 heterocycles. The molecule has 2 heteroatoms. The predicted octanol–water partition coefficient (Wildman–Crippen LogP) is 13.3. The van der Waals surface area contributed by atoms with Gasteiger partial charge in [-0.2, -0.15) is 0 Å². The summed E-state index contributed by atoms with van der Waals surface area (Å²) in [7, 11) is 0. The largest absolute Gasteiger partial charge is 0.311 e. The van der Waals surface area contributed by atoms with Crippen LogP contribution >= 0.6 is 0 Å². The van der Waals surface area contributed by atoms with Crippen LogP contribution in [0.5, 0.6) is 0 Å². The molecule has 9 rings (SSSR count). The van der Waals surface area contributed by atoms with Gasteiger partial charge in [-0.1, -0.05) is 127 Å². The van der Waals surface area contributed by atoms with Gasteiger partial charge in [0.25, 0.3) is 0 Å². The van der Waals surface area contributed by atoms with Crippen LogP contribution in [0.3, 0.4) is 0 Å². The van der Waals surface area contributed by atoms with E-state index in [1.807, 2.05) is 0 Å². The Morgan fingerprint density at radius 2 is 0.640 bits per heavy atom. The Labute approximate surface area is 292 Å². The molecular formula is C48H34N2. The Kier molecular flexibility index (Phi) is 7.53. The Bertz CT molecular complexity index is 2440. The van der Waals surface area contributed by atoms with Crippen LogP contribution in [-0.4, -0.2) is 4.57 Å². The van der Waals surface area contributed by atoms with Crippen molar-refractivity contribution >= 4 is 38.9 Å². The lowest BCUT2D eigenvalue weighted by molar-refractivity contribution is 1.17. The van der Waals surface area contributed by atoms with Crippen molar-refractivity contribution in [1.82, 2.24) is 4.57 Å². The van der Waals surface area contributed by atoms with Crippen LogP contribution < -0.4 is 4.90 Å². The minimum atomic E-state index is 1.10. The SMILES string of the molecule is c1ccc(-c2cc(-c3ccccc3)cc(-c3ccc(N(c4ccccc4)c4ccc(-n5c6ccccc6c6ccccc65)cc4)cc3)c2)cc1. The molecular weight excluding hydrogens is 605 g/mol. The van der Waals surface area contributed by atoms with Crippen molar-refractivity contribution in [2.45, 2.75) is 0 Å². The van der Waals surface area contributed by atoms with Gasteiger partial charge < -0.3 is 9.47 Å². The first-order valence-electron chi connectivity index (χ1n) is 17.1. The lowest BCUT2D eigenvalue weighted by Crippen LogP contribution is -2.10. The van der Waals surface area contributed by atoms with Crippen molar-refractivity contribution in [2.24, 2.45) is 0 Å². The van der Waals surface area contributed by atoms with Gasteiger partial charge in [0.1, 0.15) is 0 Å². The van der Waals surface area contributed by atoms with Crippen LogP contribution in [0.1, 0.15) is 0 Å². The monoisotopic (exact) mass is 638 g/mol. The molecule has 0 atom stereocenters. The highest BCUT2D eigenvalue weighted by Gasteiger charge is 2.16. The third kappa shape index (κ3) is 5.43. The Balaban J connectivity index is 1.11. The molecule has 9 aromatic rings. The summed E-state index contributed by atoms with van der Waals surface area (Å²) in [5.74, 6) is 0. The molecule has 0 amide bonds. The van der Waals surface area contributed by atoms with Crippen LogP contribution in [0, 0.1) is 0 Å². The maximum atomic E-state index is 2.36. The van der Waals surface area contributed by atoms with Gasteiger partial charge in [0.05, 0.1) is 11.0 Å². The minimum Gasteiger partial charge on any atom is -0.311 e. The smallest absolute Gasteiger partial charge is 0.0541 e. The standard InChI is InChI=1S/C48H34N2/c1-4-14-35(15-5-1)38-32-39(36-16-6-2-7-17-36)34-40(33-38)37-24-26-42(27-25-37)49(41-18-8-3-9-19-41)43-28-30-44(31-29-43)50-47-22-12-10-20-45(47)46-21-11-13-23-48(46)50/h1-34H. The Morgan fingerprint density at radius 3 is 1.12 bits per heavy atom. The van der Waals surface area contributed by atoms with E-state index in [1.165, 1.54) is 55.2 Å². The molecule has 0 saturated carbocycles. The summed E-state index contributed by atoms with van der Waals surface area (Å²) >= 11 is 0. The van der Waals surface area contributed by atoms with E-state index in [2.05, 4.69) is 216 Å². The van der Waals surface area contributed by atoms with Crippen molar-refractivity contribution < 1.29 is 0 Å². The fourth-order valence-corrected chi connectivity index (χ4v) is 7.17. The summed E-state index contributed by atoms with van der Waals surface area (Å²) in [6.45, 7) is 0. The molecule has 0 bridgehead atoms. The number of benzene rings is 8. The fraction of sp³-hybridized carbons (Fsp3) is 0. The van der Waals surface area contributed by atoms with Crippen molar-refractivity contribution in [3.8, 4) is 39.1 Å². The van der Waals surface area contributed by atoms with Crippen molar-refractivity contribution in [3.05, 3.63) is 206 Å². The lowest BCUT2D eigenvalue weighted by atomic mass is 9.93. The number of anilines is 3. The van der Waals surface area contributed by atoms with Crippen molar-refractivity contribution in [3.63, 3.8) is 0 Å². The van der Waals surface area contributed by atoms with Gasteiger partial charge >= 0.3 is 0 Å². The van der Waals surface area contributed by atoms with E-state index in [-0.39, 0.29) is 0 Å². The molecule has 8 aromatic carbocycles. The van der Waals surface area contributed by atoms with Gasteiger partial charge in [-0.15, -0.1) is 0 Å². The van der Waals surface area contributed by atoms with E-state index in [1.54, 1.807) is 0 Å². The summed E-state index contributed by atoms with van der Waals surface area (Å²) in [6, 6.07) is 74.0. The molecule has 0 radical (unpaired) electrons. The van der Waals surface area contributed by atoms with E-state index in [4.69, 9.17) is 0 Å². The molecule has 0 aliphatic heterocycles. The molecule has 0 spiro atoms. The maximum absolute atomic E-state index is 2.36. The average Bonchev–Trinajstić information content (AvgIpc) is 3.54. The van der Waals surface area contributed by atoms with Crippen LogP contribution in [0.25, 0.3) is 60.9 Å². The number of nitrogens with zero attached hydrogens (tertiary/aromatic N) is 2.